The largest absolute Gasteiger partial charge is 0.392 e. The van der Waals surface area contributed by atoms with E-state index in [0.717, 1.165) is 11.1 Å². The van der Waals surface area contributed by atoms with Crippen LogP contribution in [0.15, 0.2) is 57.6 Å². The van der Waals surface area contributed by atoms with Gasteiger partial charge in [0.1, 0.15) is 0 Å². The van der Waals surface area contributed by atoms with Crippen LogP contribution in [0.3, 0.4) is 0 Å². The van der Waals surface area contributed by atoms with Crippen molar-refractivity contribution in [3.8, 4) is 0 Å². The minimum absolute atomic E-state index is 0.0917. The molecule has 0 atom stereocenters. The van der Waals surface area contributed by atoms with Crippen LogP contribution in [-0.4, -0.2) is 9.48 Å². The van der Waals surface area contributed by atoms with Gasteiger partial charge in [-0.3, -0.25) is 0 Å². The second-order valence-electron chi connectivity index (χ2n) is 3.89. The Bertz CT molecular complexity index is 661. The van der Waals surface area contributed by atoms with Crippen LogP contribution >= 0.6 is 23.3 Å². The number of hydrogen-bond acceptors (Lipinski definition) is 4. The van der Waals surface area contributed by atoms with Gasteiger partial charge < -0.3 is 5.11 Å². The third-order valence-corrected chi connectivity index (χ3v) is 4.73. The van der Waals surface area contributed by atoms with E-state index >= 15 is 0 Å². The Labute approximate surface area is 113 Å². The number of aliphatic hydroxyl groups excluding tert-OH is 1. The van der Waals surface area contributed by atoms with E-state index in [2.05, 4.69) is 10.4 Å². The molecule has 0 bridgehead atoms. The summed E-state index contributed by atoms with van der Waals surface area (Å²) in [4.78, 5) is 1.17. The van der Waals surface area contributed by atoms with Crippen molar-refractivity contribution in [1.82, 2.24) is 4.37 Å². The smallest absolute Gasteiger partial charge is 0.0932 e. The number of aliphatic hydroxyl groups is 1. The SMILES string of the molecule is OCc1ccc(Sc2snc3ccccc23)cc1. The van der Waals surface area contributed by atoms with Gasteiger partial charge in [0.2, 0.25) is 0 Å². The van der Waals surface area contributed by atoms with E-state index in [1.807, 2.05) is 42.5 Å². The first-order valence-electron chi connectivity index (χ1n) is 5.59. The Morgan fingerprint density at radius 3 is 2.61 bits per heavy atom. The van der Waals surface area contributed by atoms with Crippen LogP contribution in [0.2, 0.25) is 0 Å². The highest BCUT2D eigenvalue weighted by Crippen LogP contribution is 2.36. The van der Waals surface area contributed by atoms with E-state index in [1.165, 1.54) is 26.0 Å². The molecule has 1 heterocycles. The van der Waals surface area contributed by atoms with Gasteiger partial charge in [0, 0.05) is 10.3 Å². The molecular weight excluding hydrogens is 262 g/mol. The molecule has 2 aromatic carbocycles. The zero-order valence-electron chi connectivity index (χ0n) is 9.54. The monoisotopic (exact) mass is 273 g/mol. The van der Waals surface area contributed by atoms with Gasteiger partial charge >= 0.3 is 0 Å². The summed E-state index contributed by atoms with van der Waals surface area (Å²) < 4.78 is 5.64. The van der Waals surface area contributed by atoms with Crippen LogP contribution in [0, 0.1) is 0 Å². The van der Waals surface area contributed by atoms with Crippen LogP contribution in [0.1, 0.15) is 5.56 Å². The Morgan fingerprint density at radius 2 is 1.83 bits per heavy atom. The standard InChI is InChI=1S/C14H11NOS2/c16-9-10-5-7-11(8-6-10)17-14-12-3-1-2-4-13(12)15-18-14/h1-8,16H,9H2. The third kappa shape index (κ3) is 2.27. The maximum Gasteiger partial charge on any atom is 0.0932 e. The van der Waals surface area contributed by atoms with Gasteiger partial charge in [-0.05, 0) is 35.3 Å². The lowest BCUT2D eigenvalue weighted by Gasteiger charge is -2.00. The summed E-state index contributed by atoms with van der Waals surface area (Å²) >= 11 is 3.25. The third-order valence-electron chi connectivity index (χ3n) is 2.67. The Kier molecular flexibility index (Phi) is 3.32. The fourth-order valence-electron chi connectivity index (χ4n) is 1.71. The molecule has 0 saturated carbocycles. The predicted octanol–water partition coefficient (Wildman–Crippen LogP) is 3.94. The first-order valence-corrected chi connectivity index (χ1v) is 7.18. The molecule has 0 radical (unpaired) electrons. The average molecular weight is 273 g/mol. The second kappa shape index (κ2) is 5.10. The van der Waals surface area contributed by atoms with Crippen LogP contribution in [0.25, 0.3) is 10.9 Å². The number of fused-ring (bicyclic) bond motifs is 1. The minimum Gasteiger partial charge on any atom is -0.392 e. The average Bonchev–Trinajstić information content (AvgIpc) is 2.83. The molecule has 0 aliphatic carbocycles. The fourth-order valence-corrected chi connectivity index (χ4v) is 3.64. The van der Waals surface area contributed by atoms with Crippen molar-refractivity contribution in [2.45, 2.75) is 15.7 Å². The second-order valence-corrected chi connectivity index (χ2v) is 6.01. The summed E-state index contributed by atoms with van der Waals surface area (Å²) in [6.45, 7) is 0.0917. The quantitative estimate of drug-likeness (QED) is 0.784. The van der Waals surface area contributed by atoms with Crippen molar-refractivity contribution in [1.29, 1.82) is 0 Å². The molecule has 3 aromatic rings. The topological polar surface area (TPSA) is 33.1 Å². The van der Waals surface area contributed by atoms with Gasteiger partial charge in [-0.25, -0.2) is 0 Å². The molecule has 0 aliphatic rings. The molecule has 0 fully saturated rings. The molecule has 1 aromatic heterocycles. The number of aromatic nitrogens is 1. The molecule has 0 unspecified atom stereocenters. The maximum atomic E-state index is 9.01. The van der Waals surface area contributed by atoms with Gasteiger partial charge in [0.25, 0.3) is 0 Å². The molecule has 3 rings (SSSR count). The zero-order chi connectivity index (χ0) is 12.4. The molecule has 2 nitrogen and oxygen atoms in total. The van der Waals surface area contributed by atoms with Crippen LogP contribution < -0.4 is 0 Å². The molecular formula is C14H11NOS2. The summed E-state index contributed by atoms with van der Waals surface area (Å²) in [5.41, 5.74) is 1.99. The molecule has 4 heteroatoms. The molecule has 0 amide bonds. The zero-order valence-corrected chi connectivity index (χ0v) is 11.2. The summed E-state index contributed by atoms with van der Waals surface area (Å²) in [7, 11) is 0. The van der Waals surface area contributed by atoms with Gasteiger partial charge in [0.05, 0.1) is 16.3 Å². The molecule has 18 heavy (non-hydrogen) atoms. The van der Waals surface area contributed by atoms with E-state index in [9.17, 15) is 0 Å². The van der Waals surface area contributed by atoms with Crippen molar-refractivity contribution < 1.29 is 5.11 Å². The van der Waals surface area contributed by atoms with Gasteiger partial charge in [-0.15, -0.1) is 0 Å². The highest BCUT2D eigenvalue weighted by atomic mass is 32.2. The highest BCUT2D eigenvalue weighted by molar-refractivity contribution is 8.01. The lowest BCUT2D eigenvalue weighted by atomic mass is 10.2. The molecule has 0 spiro atoms. The molecule has 0 saturated heterocycles. The Morgan fingerprint density at radius 1 is 1.06 bits per heavy atom. The number of rotatable bonds is 3. The molecule has 90 valence electrons. The lowest BCUT2D eigenvalue weighted by Crippen LogP contribution is -1.81. The normalized spacial score (nSPS) is 10.9. The van der Waals surface area contributed by atoms with Crippen LogP contribution in [-0.2, 0) is 6.61 Å². The number of hydrogen-bond donors (Lipinski definition) is 1. The van der Waals surface area contributed by atoms with Crippen molar-refractivity contribution in [2.24, 2.45) is 0 Å². The van der Waals surface area contributed by atoms with Crippen molar-refractivity contribution in [3.05, 3.63) is 54.1 Å². The summed E-state index contributed by atoms with van der Waals surface area (Å²) in [5.74, 6) is 0. The van der Waals surface area contributed by atoms with E-state index in [1.54, 1.807) is 11.8 Å². The summed E-state index contributed by atoms with van der Waals surface area (Å²) in [6.07, 6.45) is 0. The van der Waals surface area contributed by atoms with E-state index in [-0.39, 0.29) is 6.61 Å². The Balaban J connectivity index is 1.91. The summed E-state index contributed by atoms with van der Waals surface area (Å²) in [6, 6.07) is 16.1. The van der Waals surface area contributed by atoms with Crippen LogP contribution in [0.5, 0.6) is 0 Å². The lowest BCUT2D eigenvalue weighted by molar-refractivity contribution is 0.282. The van der Waals surface area contributed by atoms with Crippen LogP contribution in [0.4, 0.5) is 0 Å². The first kappa shape index (κ1) is 11.7. The first-order chi connectivity index (χ1) is 8.86. The number of nitrogens with zero attached hydrogens (tertiary/aromatic N) is 1. The maximum absolute atomic E-state index is 9.01. The molecule has 0 aliphatic heterocycles. The highest BCUT2D eigenvalue weighted by Gasteiger charge is 2.06. The van der Waals surface area contributed by atoms with Crippen molar-refractivity contribution in [3.63, 3.8) is 0 Å². The minimum atomic E-state index is 0.0917. The van der Waals surface area contributed by atoms with Gasteiger partial charge in [-0.2, -0.15) is 4.37 Å². The van der Waals surface area contributed by atoms with Gasteiger partial charge in [-0.1, -0.05) is 42.1 Å². The predicted molar refractivity (Wildman–Crippen MR) is 76.1 cm³/mol. The van der Waals surface area contributed by atoms with Crippen molar-refractivity contribution in [2.75, 3.05) is 0 Å². The van der Waals surface area contributed by atoms with Gasteiger partial charge in [0.15, 0.2) is 0 Å². The van der Waals surface area contributed by atoms with E-state index < -0.39 is 0 Å². The number of benzene rings is 2. The Hall–Kier alpha value is -1.36. The van der Waals surface area contributed by atoms with Crippen molar-refractivity contribution >= 4 is 34.2 Å². The fraction of sp³-hybridized carbons (Fsp3) is 0.0714. The van der Waals surface area contributed by atoms with E-state index in [4.69, 9.17) is 5.11 Å². The van der Waals surface area contributed by atoms with E-state index in [0.29, 0.717) is 0 Å². The summed E-state index contributed by atoms with van der Waals surface area (Å²) in [5, 5.41) is 10.2. The molecule has 1 N–H and O–H groups in total.